The number of halogens is 1. The Kier molecular flexibility index (Phi) is 5.42. The first-order valence-corrected chi connectivity index (χ1v) is 5.60. The second-order valence-electron chi connectivity index (χ2n) is 3.91. The summed E-state index contributed by atoms with van der Waals surface area (Å²) in [7, 11) is 0. The van der Waals surface area contributed by atoms with E-state index in [4.69, 9.17) is 10.9 Å². The number of hydrogen-bond donors (Lipinski definition) is 3. The van der Waals surface area contributed by atoms with E-state index in [1.54, 1.807) is 12.1 Å². The fourth-order valence-corrected chi connectivity index (χ4v) is 1.52. The van der Waals surface area contributed by atoms with E-state index in [1.165, 1.54) is 12.1 Å². The van der Waals surface area contributed by atoms with Crippen molar-refractivity contribution in [1.29, 1.82) is 0 Å². The Hall–Kier alpha value is -1.62. The molecule has 1 unspecified atom stereocenters. The molecule has 5 heteroatoms. The van der Waals surface area contributed by atoms with E-state index in [0.29, 0.717) is 13.0 Å². The molecule has 0 aliphatic carbocycles. The number of benzene rings is 1. The van der Waals surface area contributed by atoms with E-state index < -0.39 is 0 Å². The molecule has 0 aliphatic rings. The van der Waals surface area contributed by atoms with Crippen molar-refractivity contribution in [2.75, 3.05) is 0 Å². The van der Waals surface area contributed by atoms with Crippen molar-refractivity contribution in [3.05, 3.63) is 35.6 Å². The van der Waals surface area contributed by atoms with Crippen molar-refractivity contribution in [1.82, 2.24) is 5.32 Å². The first kappa shape index (κ1) is 13.4. The predicted molar refractivity (Wildman–Crippen MR) is 65.3 cm³/mol. The molecule has 17 heavy (non-hydrogen) atoms. The minimum absolute atomic E-state index is 0.149. The van der Waals surface area contributed by atoms with Gasteiger partial charge in [-0.15, -0.1) is 0 Å². The highest BCUT2D eigenvalue weighted by atomic mass is 19.1. The summed E-state index contributed by atoms with van der Waals surface area (Å²) >= 11 is 0. The lowest BCUT2D eigenvalue weighted by atomic mass is 10.1. The molecule has 4 nitrogen and oxygen atoms in total. The van der Waals surface area contributed by atoms with Gasteiger partial charge in [0.15, 0.2) is 0 Å². The Balaban J connectivity index is 2.44. The van der Waals surface area contributed by atoms with Crippen LogP contribution in [-0.2, 0) is 6.54 Å². The third-order valence-corrected chi connectivity index (χ3v) is 2.58. The lowest BCUT2D eigenvalue weighted by molar-refractivity contribution is 0.315. The molecule has 1 rings (SSSR count). The number of hydrogen-bond acceptors (Lipinski definition) is 3. The maximum atomic E-state index is 12.7. The van der Waals surface area contributed by atoms with E-state index in [2.05, 4.69) is 10.5 Å². The summed E-state index contributed by atoms with van der Waals surface area (Å²) in [5.41, 5.74) is 6.45. The van der Waals surface area contributed by atoms with Crippen LogP contribution in [0, 0.1) is 5.82 Å². The van der Waals surface area contributed by atoms with Gasteiger partial charge in [0.05, 0.1) is 0 Å². The van der Waals surface area contributed by atoms with Crippen LogP contribution in [0.3, 0.4) is 0 Å². The van der Waals surface area contributed by atoms with Crippen LogP contribution in [-0.4, -0.2) is 17.1 Å². The average molecular weight is 239 g/mol. The van der Waals surface area contributed by atoms with Crippen molar-refractivity contribution in [3.8, 4) is 0 Å². The van der Waals surface area contributed by atoms with Crippen molar-refractivity contribution in [2.45, 2.75) is 32.4 Å². The normalized spacial score (nSPS) is 13.6. The van der Waals surface area contributed by atoms with Gasteiger partial charge in [-0.05, 0) is 24.1 Å². The number of amidine groups is 1. The molecule has 0 saturated heterocycles. The Bertz CT molecular complexity index is 365. The second-order valence-corrected chi connectivity index (χ2v) is 3.91. The van der Waals surface area contributed by atoms with Gasteiger partial charge >= 0.3 is 0 Å². The van der Waals surface area contributed by atoms with E-state index in [1.807, 2.05) is 6.92 Å². The maximum Gasteiger partial charge on any atom is 0.140 e. The van der Waals surface area contributed by atoms with Gasteiger partial charge in [-0.2, -0.15) is 0 Å². The van der Waals surface area contributed by atoms with Gasteiger partial charge in [-0.25, -0.2) is 4.39 Å². The fraction of sp³-hybridized carbons (Fsp3) is 0.417. The zero-order chi connectivity index (χ0) is 12.7. The molecule has 0 aromatic heterocycles. The molecule has 0 heterocycles. The number of oxime groups is 1. The molecular weight excluding hydrogens is 221 g/mol. The molecule has 1 atom stereocenters. The maximum absolute atomic E-state index is 12.7. The number of nitrogens with zero attached hydrogens (tertiary/aromatic N) is 1. The quantitative estimate of drug-likeness (QED) is 0.307. The summed E-state index contributed by atoms with van der Waals surface area (Å²) in [6.07, 6.45) is 1.37. The van der Waals surface area contributed by atoms with E-state index in [9.17, 15) is 4.39 Å². The smallest absolute Gasteiger partial charge is 0.140 e. The van der Waals surface area contributed by atoms with Crippen LogP contribution in [0.1, 0.15) is 25.3 Å². The largest absolute Gasteiger partial charge is 0.409 e. The van der Waals surface area contributed by atoms with Gasteiger partial charge < -0.3 is 16.3 Å². The summed E-state index contributed by atoms with van der Waals surface area (Å²) in [6, 6.07) is 6.48. The molecule has 0 saturated carbocycles. The summed E-state index contributed by atoms with van der Waals surface area (Å²) < 4.78 is 12.7. The third-order valence-electron chi connectivity index (χ3n) is 2.58. The first-order valence-electron chi connectivity index (χ1n) is 5.60. The van der Waals surface area contributed by atoms with Crippen molar-refractivity contribution in [3.63, 3.8) is 0 Å². The first-order chi connectivity index (χ1) is 8.15. The molecule has 0 spiro atoms. The molecule has 0 radical (unpaired) electrons. The van der Waals surface area contributed by atoms with Gasteiger partial charge in [0.25, 0.3) is 0 Å². The topological polar surface area (TPSA) is 70.6 Å². The van der Waals surface area contributed by atoms with Gasteiger partial charge in [0.1, 0.15) is 11.7 Å². The van der Waals surface area contributed by atoms with Crippen LogP contribution >= 0.6 is 0 Å². The number of nitrogens with two attached hydrogens (primary N) is 1. The Morgan fingerprint density at radius 2 is 2.12 bits per heavy atom. The SMILES string of the molecule is CCC(C/C(N)=N/O)NCc1ccc(F)cc1. The zero-order valence-electron chi connectivity index (χ0n) is 9.86. The highest BCUT2D eigenvalue weighted by Gasteiger charge is 2.08. The van der Waals surface area contributed by atoms with E-state index in [-0.39, 0.29) is 17.7 Å². The van der Waals surface area contributed by atoms with Crippen molar-refractivity contribution >= 4 is 5.84 Å². The molecular formula is C12H18FN3O. The minimum atomic E-state index is -0.238. The fourth-order valence-electron chi connectivity index (χ4n) is 1.52. The van der Waals surface area contributed by atoms with Crippen molar-refractivity contribution in [2.24, 2.45) is 10.9 Å². The standard InChI is InChI=1S/C12H18FN3O/c1-2-11(7-12(14)16-17)15-8-9-3-5-10(13)6-4-9/h3-6,11,15,17H,2,7-8H2,1H3,(H2,14,16). The van der Waals surface area contributed by atoms with Crippen LogP contribution in [0.15, 0.2) is 29.4 Å². The molecule has 1 aromatic rings. The Morgan fingerprint density at radius 1 is 1.47 bits per heavy atom. The Morgan fingerprint density at radius 3 is 2.65 bits per heavy atom. The third kappa shape index (κ3) is 4.82. The van der Waals surface area contributed by atoms with Gasteiger partial charge in [0.2, 0.25) is 0 Å². The van der Waals surface area contributed by atoms with Crippen LogP contribution in [0.25, 0.3) is 0 Å². The van der Waals surface area contributed by atoms with Crippen LogP contribution < -0.4 is 11.1 Å². The lowest BCUT2D eigenvalue weighted by Gasteiger charge is -2.16. The number of nitrogens with one attached hydrogen (secondary N) is 1. The summed E-state index contributed by atoms with van der Waals surface area (Å²) in [5, 5.41) is 14.7. The van der Waals surface area contributed by atoms with Crippen LogP contribution in [0.2, 0.25) is 0 Å². The number of rotatable bonds is 6. The summed E-state index contributed by atoms with van der Waals surface area (Å²) in [5.74, 6) is -0.0269. The summed E-state index contributed by atoms with van der Waals surface area (Å²) in [6.45, 7) is 2.66. The molecule has 94 valence electrons. The molecule has 0 amide bonds. The monoisotopic (exact) mass is 239 g/mol. The van der Waals surface area contributed by atoms with Crippen LogP contribution in [0.4, 0.5) is 4.39 Å². The zero-order valence-corrected chi connectivity index (χ0v) is 9.86. The highest BCUT2D eigenvalue weighted by Crippen LogP contribution is 2.04. The second kappa shape index (κ2) is 6.85. The summed E-state index contributed by atoms with van der Waals surface area (Å²) in [4.78, 5) is 0. The van der Waals surface area contributed by atoms with Gasteiger partial charge in [0, 0.05) is 19.0 Å². The van der Waals surface area contributed by atoms with Crippen LogP contribution in [0.5, 0.6) is 0 Å². The van der Waals surface area contributed by atoms with E-state index in [0.717, 1.165) is 12.0 Å². The predicted octanol–water partition coefficient (Wildman–Crippen LogP) is 1.83. The molecule has 0 bridgehead atoms. The van der Waals surface area contributed by atoms with Crippen molar-refractivity contribution < 1.29 is 9.60 Å². The van der Waals surface area contributed by atoms with Gasteiger partial charge in [-0.1, -0.05) is 24.2 Å². The lowest BCUT2D eigenvalue weighted by Crippen LogP contribution is -2.32. The molecule has 1 aromatic carbocycles. The molecule has 4 N–H and O–H groups in total. The molecule has 0 aliphatic heterocycles. The highest BCUT2D eigenvalue weighted by molar-refractivity contribution is 5.80. The average Bonchev–Trinajstić information content (AvgIpc) is 2.36. The van der Waals surface area contributed by atoms with E-state index >= 15 is 0 Å². The minimum Gasteiger partial charge on any atom is -0.409 e. The Labute approximate surface area is 100 Å². The molecule has 0 fully saturated rings. The van der Waals surface area contributed by atoms with Gasteiger partial charge in [-0.3, -0.25) is 0 Å².